The van der Waals surface area contributed by atoms with Crippen molar-refractivity contribution in [1.29, 1.82) is 0 Å². The number of hydrogen-bond acceptors (Lipinski definition) is 4. The van der Waals surface area contributed by atoms with Crippen LogP contribution in [0.15, 0.2) is 65.4 Å². The molecule has 2 heterocycles. The molecule has 108 valence electrons. The van der Waals surface area contributed by atoms with Gasteiger partial charge in [0.15, 0.2) is 0 Å². The first-order chi connectivity index (χ1) is 10.4. The number of thiophene rings is 2. The van der Waals surface area contributed by atoms with Crippen LogP contribution in [0.1, 0.15) is 21.4 Å². The van der Waals surface area contributed by atoms with Crippen LogP contribution in [0, 0.1) is 0 Å². The lowest BCUT2D eigenvalue weighted by molar-refractivity contribution is 0.00385. The van der Waals surface area contributed by atoms with E-state index in [2.05, 4.69) is 52.6 Å². The molecule has 1 unspecified atom stereocenters. The van der Waals surface area contributed by atoms with Gasteiger partial charge in [0.05, 0.1) is 12.6 Å². The van der Waals surface area contributed by atoms with Gasteiger partial charge in [-0.3, -0.25) is 4.84 Å². The summed E-state index contributed by atoms with van der Waals surface area (Å²) in [7, 11) is 0. The van der Waals surface area contributed by atoms with Crippen molar-refractivity contribution in [2.24, 2.45) is 0 Å². The Morgan fingerprint density at radius 3 is 2.43 bits per heavy atom. The van der Waals surface area contributed by atoms with Crippen molar-refractivity contribution >= 4 is 22.7 Å². The lowest BCUT2D eigenvalue weighted by Crippen LogP contribution is -2.22. The predicted molar refractivity (Wildman–Crippen MR) is 89.4 cm³/mol. The third-order valence-corrected chi connectivity index (χ3v) is 5.06. The third-order valence-electron chi connectivity index (χ3n) is 3.18. The molecule has 0 bridgehead atoms. The maximum atomic E-state index is 5.72. The molecule has 2 nitrogen and oxygen atoms in total. The van der Waals surface area contributed by atoms with Gasteiger partial charge in [-0.1, -0.05) is 42.5 Å². The maximum Gasteiger partial charge on any atom is 0.0933 e. The molecular formula is C17H17NOS2. The van der Waals surface area contributed by atoms with E-state index < -0.39 is 0 Å². The van der Waals surface area contributed by atoms with Crippen molar-refractivity contribution in [3.8, 4) is 0 Å². The molecule has 1 atom stereocenters. The fourth-order valence-corrected chi connectivity index (χ4v) is 3.64. The number of nitrogens with one attached hydrogen (secondary N) is 1. The minimum Gasteiger partial charge on any atom is -0.296 e. The lowest BCUT2D eigenvalue weighted by Gasteiger charge is -2.16. The highest BCUT2D eigenvalue weighted by atomic mass is 32.1. The highest BCUT2D eigenvalue weighted by molar-refractivity contribution is 7.10. The first kappa shape index (κ1) is 14.5. The molecule has 0 saturated carbocycles. The Labute approximate surface area is 133 Å². The Bertz CT molecular complexity index is 620. The van der Waals surface area contributed by atoms with Gasteiger partial charge in [0.25, 0.3) is 0 Å². The molecule has 0 aliphatic carbocycles. The van der Waals surface area contributed by atoms with Crippen LogP contribution in [0.3, 0.4) is 0 Å². The summed E-state index contributed by atoms with van der Waals surface area (Å²) in [5.74, 6) is 0. The summed E-state index contributed by atoms with van der Waals surface area (Å²) in [5.41, 5.74) is 4.40. The molecule has 0 radical (unpaired) electrons. The Kier molecular flexibility index (Phi) is 5.18. The van der Waals surface area contributed by atoms with Crippen LogP contribution in [-0.2, 0) is 17.9 Å². The van der Waals surface area contributed by atoms with Crippen LogP contribution >= 0.6 is 22.7 Å². The molecule has 4 heteroatoms. The van der Waals surface area contributed by atoms with Crippen LogP contribution in [-0.4, -0.2) is 0 Å². The summed E-state index contributed by atoms with van der Waals surface area (Å²) in [4.78, 5) is 8.38. The molecule has 3 aromatic rings. The smallest absolute Gasteiger partial charge is 0.0933 e. The van der Waals surface area contributed by atoms with Gasteiger partial charge < -0.3 is 0 Å². The van der Waals surface area contributed by atoms with Crippen molar-refractivity contribution in [1.82, 2.24) is 5.48 Å². The van der Waals surface area contributed by atoms with Gasteiger partial charge in [0.2, 0.25) is 0 Å². The summed E-state index contributed by atoms with van der Waals surface area (Å²) >= 11 is 3.55. The molecule has 0 aliphatic rings. The third kappa shape index (κ3) is 4.25. The fourth-order valence-electron chi connectivity index (χ4n) is 2.12. The number of benzene rings is 1. The molecule has 1 aromatic carbocycles. The van der Waals surface area contributed by atoms with Gasteiger partial charge in [0, 0.05) is 16.2 Å². The van der Waals surface area contributed by atoms with Gasteiger partial charge >= 0.3 is 0 Å². The largest absolute Gasteiger partial charge is 0.296 e. The fraction of sp³-hybridized carbons (Fsp3) is 0.176. The summed E-state index contributed by atoms with van der Waals surface area (Å²) in [5, 5.41) is 4.22. The van der Waals surface area contributed by atoms with Crippen molar-refractivity contribution in [2.75, 3.05) is 0 Å². The van der Waals surface area contributed by atoms with Crippen molar-refractivity contribution < 1.29 is 4.84 Å². The molecule has 0 amide bonds. The zero-order valence-corrected chi connectivity index (χ0v) is 13.2. The standard InChI is InChI=1S/C17H17NOS2/c1-2-6-14(7-3-1)13-19-18-16(17-9-5-11-21-17)12-15-8-4-10-20-15/h1-11,16,18H,12-13H2. The van der Waals surface area contributed by atoms with E-state index in [-0.39, 0.29) is 6.04 Å². The number of rotatable bonds is 7. The van der Waals surface area contributed by atoms with Crippen molar-refractivity contribution in [3.63, 3.8) is 0 Å². The highest BCUT2D eigenvalue weighted by Gasteiger charge is 2.14. The molecule has 0 spiro atoms. The molecule has 2 aromatic heterocycles. The summed E-state index contributed by atoms with van der Waals surface area (Å²) < 4.78 is 0. The van der Waals surface area contributed by atoms with Gasteiger partial charge in [-0.15, -0.1) is 22.7 Å². The minimum atomic E-state index is 0.201. The summed E-state index contributed by atoms with van der Waals surface area (Å²) in [6, 6.07) is 18.9. The van der Waals surface area contributed by atoms with E-state index in [0.717, 1.165) is 6.42 Å². The first-order valence-electron chi connectivity index (χ1n) is 6.89. The second-order valence-electron chi connectivity index (χ2n) is 4.74. The van der Waals surface area contributed by atoms with E-state index in [0.29, 0.717) is 6.61 Å². The SMILES string of the molecule is c1ccc(CONC(Cc2cccs2)c2cccs2)cc1. The van der Waals surface area contributed by atoms with E-state index in [1.165, 1.54) is 15.3 Å². The monoisotopic (exact) mass is 315 g/mol. The van der Waals surface area contributed by atoms with Crippen molar-refractivity contribution in [3.05, 3.63) is 80.7 Å². The predicted octanol–water partition coefficient (Wildman–Crippen LogP) is 4.81. The van der Waals surface area contributed by atoms with Crippen LogP contribution in [0.2, 0.25) is 0 Å². The minimum absolute atomic E-state index is 0.201. The number of hydroxylamine groups is 1. The Hall–Kier alpha value is -1.46. The van der Waals surface area contributed by atoms with Gasteiger partial charge in [-0.25, -0.2) is 0 Å². The molecule has 3 rings (SSSR count). The molecule has 0 saturated heterocycles. The number of hydrogen-bond donors (Lipinski definition) is 1. The van der Waals surface area contributed by atoms with E-state index in [4.69, 9.17) is 4.84 Å². The topological polar surface area (TPSA) is 21.3 Å². The first-order valence-corrected chi connectivity index (χ1v) is 8.65. The van der Waals surface area contributed by atoms with E-state index in [9.17, 15) is 0 Å². The Balaban J connectivity index is 1.60. The quantitative estimate of drug-likeness (QED) is 0.631. The Morgan fingerprint density at radius 1 is 0.905 bits per heavy atom. The highest BCUT2D eigenvalue weighted by Crippen LogP contribution is 2.25. The van der Waals surface area contributed by atoms with Crippen LogP contribution in [0.4, 0.5) is 0 Å². The van der Waals surface area contributed by atoms with Crippen LogP contribution in [0.25, 0.3) is 0 Å². The van der Waals surface area contributed by atoms with Gasteiger partial charge in [-0.05, 0) is 28.5 Å². The molecule has 1 N–H and O–H groups in total. The molecule has 21 heavy (non-hydrogen) atoms. The van der Waals surface area contributed by atoms with E-state index in [1.807, 2.05) is 18.2 Å². The second-order valence-corrected chi connectivity index (χ2v) is 6.76. The van der Waals surface area contributed by atoms with Gasteiger partial charge in [0.1, 0.15) is 0 Å². The normalized spacial score (nSPS) is 12.4. The molecule has 0 aliphatic heterocycles. The van der Waals surface area contributed by atoms with Crippen LogP contribution < -0.4 is 5.48 Å². The lowest BCUT2D eigenvalue weighted by atomic mass is 10.1. The average molecular weight is 315 g/mol. The molecule has 0 fully saturated rings. The van der Waals surface area contributed by atoms with E-state index >= 15 is 0 Å². The van der Waals surface area contributed by atoms with E-state index in [1.54, 1.807) is 22.7 Å². The zero-order chi connectivity index (χ0) is 14.3. The van der Waals surface area contributed by atoms with Gasteiger partial charge in [-0.2, -0.15) is 5.48 Å². The molecular weight excluding hydrogens is 298 g/mol. The Morgan fingerprint density at radius 2 is 1.71 bits per heavy atom. The van der Waals surface area contributed by atoms with Crippen molar-refractivity contribution in [2.45, 2.75) is 19.1 Å². The second kappa shape index (κ2) is 7.52. The summed E-state index contributed by atoms with van der Waals surface area (Å²) in [6.45, 7) is 0.577. The van der Waals surface area contributed by atoms with Crippen LogP contribution in [0.5, 0.6) is 0 Å². The summed E-state index contributed by atoms with van der Waals surface area (Å²) in [6.07, 6.45) is 0.951. The average Bonchev–Trinajstić information content (AvgIpc) is 3.21. The zero-order valence-electron chi connectivity index (χ0n) is 11.6. The maximum absolute atomic E-state index is 5.72.